The molecule has 2 aliphatic carbocycles. The predicted octanol–water partition coefficient (Wildman–Crippen LogP) is 1.58. The Balaban J connectivity index is 1.91. The maximum absolute atomic E-state index is 11.9. The minimum atomic E-state index is -0.448. The lowest BCUT2D eigenvalue weighted by Crippen LogP contribution is -2.58. The van der Waals surface area contributed by atoms with Gasteiger partial charge in [-0.15, -0.1) is 0 Å². The molecule has 2 atom stereocenters. The minimum absolute atomic E-state index is 0.160. The van der Waals surface area contributed by atoms with Gasteiger partial charge in [0.05, 0.1) is 0 Å². The zero-order valence-electron chi connectivity index (χ0n) is 11.4. The molecule has 0 aromatic carbocycles. The molecule has 2 rings (SSSR count). The molecule has 0 radical (unpaired) electrons. The number of nitrogens with one attached hydrogen (secondary N) is 1. The third-order valence-electron chi connectivity index (χ3n) is 4.26. The van der Waals surface area contributed by atoms with E-state index in [2.05, 4.69) is 12.2 Å². The van der Waals surface area contributed by atoms with E-state index in [-0.39, 0.29) is 5.91 Å². The summed E-state index contributed by atoms with van der Waals surface area (Å²) >= 11 is 0. The molecule has 0 heterocycles. The lowest BCUT2D eigenvalue weighted by atomic mass is 9.84. The fraction of sp³-hybridized carbons (Fsp3) is 0.929. The van der Waals surface area contributed by atoms with Crippen molar-refractivity contribution in [3.05, 3.63) is 0 Å². The van der Waals surface area contributed by atoms with Gasteiger partial charge in [-0.2, -0.15) is 0 Å². The molecule has 18 heavy (non-hydrogen) atoms. The summed E-state index contributed by atoms with van der Waals surface area (Å²) < 4.78 is 5.56. The first-order valence-electron chi connectivity index (χ1n) is 7.34. The zero-order chi connectivity index (χ0) is 13.0. The van der Waals surface area contributed by atoms with Gasteiger partial charge in [-0.1, -0.05) is 13.3 Å². The summed E-state index contributed by atoms with van der Waals surface area (Å²) in [7, 11) is 0. The van der Waals surface area contributed by atoms with Gasteiger partial charge in [-0.05, 0) is 44.4 Å². The highest BCUT2D eigenvalue weighted by Gasteiger charge is 2.49. The molecular formula is C14H26N2O2. The molecule has 2 aliphatic rings. The van der Waals surface area contributed by atoms with Crippen molar-refractivity contribution in [2.75, 3.05) is 13.2 Å². The Morgan fingerprint density at radius 2 is 2.17 bits per heavy atom. The van der Waals surface area contributed by atoms with E-state index in [0.717, 1.165) is 45.3 Å². The number of nitrogens with two attached hydrogens (primary N) is 1. The standard InChI is InChI=1S/C14H26N2O2/c1-2-9-18-10-7-11-4-3-8-14(11,13(15)17)16-12-5-6-12/h11-12,16H,2-10H2,1H3,(H2,15,17). The van der Waals surface area contributed by atoms with Gasteiger partial charge < -0.3 is 15.8 Å². The third-order valence-corrected chi connectivity index (χ3v) is 4.26. The molecule has 3 N–H and O–H groups in total. The van der Waals surface area contributed by atoms with E-state index >= 15 is 0 Å². The topological polar surface area (TPSA) is 64.3 Å². The molecule has 0 bridgehead atoms. The summed E-state index contributed by atoms with van der Waals surface area (Å²) in [4.78, 5) is 11.9. The van der Waals surface area contributed by atoms with Crippen LogP contribution in [0.15, 0.2) is 0 Å². The van der Waals surface area contributed by atoms with Crippen molar-refractivity contribution in [2.45, 2.75) is 63.5 Å². The molecule has 4 nitrogen and oxygen atoms in total. The lowest BCUT2D eigenvalue weighted by molar-refractivity contribution is -0.126. The molecule has 0 saturated heterocycles. The fourth-order valence-electron chi connectivity index (χ4n) is 3.12. The lowest BCUT2D eigenvalue weighted by Gasteiger charge is -2.34. The first kappa shape index (κ1) is 13.8. The van der Waals surface area contributed by atoms with Crippen molar-refractivity contribution >= 4 is 5.91 Å². The summed E-state index contributed by atoms with van der Waals surface area (Å²) in [5, 5.41) is 3.53. The summed E-state index contributed by atoms with van der Waals surface area (Å²) in [6.45, 7) is 3.67. The second kappa shape index (κ2) is 6.02. The van der Waals surface area contributed by atoms with Crippen LogP contribution >= 0.6 is 0 Å². The van der Waals surface area contributed by atoms with Crippen LogP contribution in [0.4, 0.5) is 0 Å². The number of carbonyl (C=O) groups excluding carboxylic acids is 1. The van der Waals surface area contributed by atoms with Gasteiger partial charge in [0, 0.05) is 19.3 Å². The van der Waals surface area contributed by atoms with Crippen LogP contribution in [0, 0.1) is 5.92 Å². The molecule has 4 heteroatoms. The Morgan fingerprint density at radius 1 is 1.39 bits per heavy atom. The average Bonchev–Trinajstić information content (AvgIpc) is 3.05. The molecule has 2 unspecified atom stereocenters. The Kier molecular flexibility index (Phi) is 4.62. The number of amides is 1. The van der Waals surface area contributed by atoms with Crippen molar-refractivity contribution in [1.29, 1.82) is 0 Å². The predicted molar refractivity (Wildman–Crippen MR) is 71.2 cm³/mol. The number of hydrogen-bond acceptors (Lipinski definition) is 3. The minimum Gasteiger partial charge on any atom is -0.381 e. The highest BCUT2D eigenvalue weighted by Crippen LogP contribution is 2.40. The van der Waals surface area contributed by atoms with E-state index in [1.165, 1.54) is 12.8 Å². The number of carbonyl (C=O) groups is 1. The Labute approximate surface area is 110 Å². The van der Waals surface area contributed by atoms with Gasteiger partial charge in [0.1, 0.15) is 5.54 Å². The summed E-state index contributed by atoms with van der Waals surface area (Å²) in [5.41, 5.74) is 5.24. The van der Waals surface area contributed by atoms with Crippen LogP contribution in [0.1, 0.15) is 51.9 Å². The smallest absolute Gasteiger partial charge is 0.238 e. The molecule has 104 valence electrons. The van der Waals surface area contributed by atoms with E-state index in [1.807, 2.05) is 0 Å². The fourth-order valence-corrected chi connectivity index (χ4v) is 3.12. The van der Waals surface area contributed by atoms with E-state index in [1.54, 1.807) is 0 Å². The summed E-state index contributed by atoms with van der Waals surface area (Å²) in [6, 6.07) is 0.523. The van der Waals surface area contributed by atoms with Crippen LogP contribution < -0.4 is 11.1 Å². The van der Waals surface area contributed by atoms with E-state index in [4.69, 9.17) is 10.5 Å². The van der Waals surface area contributed by atoms with E-state index in [9.17, 15) is 4.79 Å². The molecule has 2 saturated carbocycles. The second-order valence-corrected chi connectivity index (χ2v) is 5.74. The van der Waals surface area contributed by atoms with E-state index in [0.29, 0.717) is 12.0 Å². The van der Waals surface area contributed by atoms with Gasteiger partial charge >= 0.3 is 0 Å². The van der Waals surface area contributed by atoms with Gasteiger partial charge in [0.15, 0.2) is 0 Å². The van der Waals surface area contributed by atoms with Crippen molar-refractivity contribution in [3.63, 3.8) is 0 Å². The average molecular weight is 254 g/mol. The summed E-state index contributed by atoms with van der Waals surface area (Å²) in [5.74, 6) is 0.194. The van der Waals surface area contributed by atoms with Crippen LogP contribution in [0.5, 0.6) is 0 Å². The van der Waals surface area contributed by atoms with Crippen molar-refractivity contribution in [2.24, 2.45) is 11.7 Å². The highest BCUT2D eigenvalue weighted by atomic mass is 16.5. The molecule has 1 amide bonds. The highest BCUT2D eigenvalue weighted by molar-refractivity contribution is 5.85. The molecule has 0 aromatic heterocycles. The number of ether oxygens (including phenoxy) is 1. The molecule has 0 spiro atoms. The number of hydrogen-bond donors (Lipinski definition) is 2. The Hall–Kier alpha value is -0.610. The van der Waals surface area contributed by atoms with Gasteiger partial charge in [0.25, 0.3) is 0 Å². The van der Waals surface area contributed by atoms with Crippen molar-refractivity contribution in [1.82, 2.24) is 5.32 Å². The van der Waals surface area contributed by atoms with Crippen molar-refractivity contribution in [3.8, 4) is 0 Å². The van der Waals surface area contributed by atoms with Crippen LogP contribution in [-0.2, 0) is 9.53 Å². The Bertz CT molecular complexity index is 292. The van der Waals surface area contributed by atoms with Gasteiger partial charge in [-0.3, -0.25) is 4.79 Å². The molecule has 0 aliphatic heterocycles. The van der Waals surface area contributed by atoms with E-state index < -0.39 is 5.54 Å². The third kappa shape index (κ3) is 3.04. The molecule has 0 aromatic rings. The molecular weight excluding hydrogens is 228 g/mol. The largest absolute Gasteiger partial charge is 0.381 e. The number of rotatable bonds is 8. The first-order chi connectivity index (χ1) is 8.69. The Morgan fingerprint density at radius 3 is 2.78 bits per heavy atom. The maximum Gasteiger partial charge on any atom is 0.238 e. The van der Waals surface area contributed by atoms with Gasteiger partial charge in [0.2, 0.25) is 5.91 Å². The molecule has 2 fully saturated rings. The van der Waals surface area contributed by atoms with Crippen LogP contribution in [0.2, 0.25) is 0 Å². The SMILES string of the molecule is CCCOCCC1CCCC1(NC1CC1)C(N)=O. The van der Waals surface area contributed by atoms with Crippen LogP contribution in [0.25, 0.3) is 0 Å². The first-order valence-corrected chi connectivity index (χ1v) is 7.34. The zero-order valence-corrected chi connectivity index (χ0v) is 11.4. The van der Waals surface area contributed by atoms with Crippen LogP contribution in [-0.4, -0.2) is 30.7 Å². The normalized spacial score (nSPS) is 31.7. The summed E-state index contributed by atoms with van der Waals surface area (Å²) in [6.07, 6.45) is 7.47. The van der Waals surface area contributed by atoms with Crippen LogP contribution in [0.3, 0.4) is 0 Å². The maximum atomic E-state index is 11.9. The van der Waals surface area contributed by atoms with Gasteiger partial charge in [-0.25, -0.2) is 0 Å². The second-order valence-electron chi connectivity index (χ2n) is 5.74. The quantitative estimate of drug-likeness (QED) is 0.646. The monoisotopic (exact) mass is 254 g/mol. The van der Waals surface area contributed by atoms with Crippen molar-refractivity contribution < 1.29 is 9.53 Å². The number of primary amides is 1.